The fourth-order valence-electron chi connectivity index (χ4n) is 9.90. The number of hydrogen-bond acceptors (Lipinski definition) is 8. The molecule has 0 radical (unpaired) electrons. The largest absolute Gasteiger partial charge is 0.368 e. The third-order valence-electron chi connectivity index (χ3n) is 13.5. The molecule has 16 nitrogen and oxygen atoms in total. The predicted molar refractivity (Wildman–Crippen MR) is 248 cm³/mol. The zero-order valence-corrected chi connectivity index (χ0v) is 37.5. The lowest BCUT2D eigenvalue weighted by Crippen LogP contribution is -2.54. The summed E-state index contributed by atoms with van der Waals surface area (Å²) in [7, 11) is 3.19. The van der Waals surface area contributed by atoms with Crippen LogP contribution in [-0.4, -0.2) is 118 Å². The van der Waals surface area contributed by atoms with Gasteiger partial charge in [0.25, 0.3) is 11.8 Å². The first kappa shape index (κ1) is 42.2. The first-order chi connectivity index (χ1) is 31.3. The lowest BCUT2D eigenvalue weighted by Gasteiger charge is -2.38. The molecule has 18 heteroatoms. The molecule has 4 amide bonds. The zero-order valence-electron chi connectivity index (χ0n) is 36.0. The molecule has 332 valence electrons. The number of carbonyl (C=O) groups excluding carboxylic acids is 4. The van der Waals surface area contributed by atoms with Crippen molar-refractivity contribution in [3.63, 3.8) is 0 Å². The van der Waals surface area contributed by atoms with Crippen LogP contribution >= 0.6 is 23.2 Å². The number of carbonyl (C=O) groups is 4. The molecule has 4 aromatic heterocycles. The van der Waals surface area contributed by atoms with Crippen molar-refractivity contribution in [1.29, 1.82) is 0 Å². The number of nitrogens with zero attached hydrogens (tertiary/aromatic N) is 11. The number of likely N-dealkylation sites (N-methyl/N-ethyl adjacent to an activating group) is 1. The lowest BCUT2D eigenvalue weighted by atomic mass is 9.88. The van der Waals surface area contributed by atoms with Gasteiger partial charge in [-0.25, -0.2) is 9.36 Å². The highest BCUT2D eigenvalue weighted by molar-refractivity contribution is 6.32. The molecule has 10 rings (SSSR count). The Kier molecular flexibility index (Phi) is 10.6. The van der Waals surface area contributed by atoms with Crippen molar-refractivity contribution < 1.29 is 19.2 Å². The van der Waals surface area contributed by atoms with E-state index in [0.717, 1.165) is 22.1 Å². The van der Waals surface area contributed by atoms with Crippen LogP contribution in [0.2, 0.25) is 10.0 Å². The van der Waals surface area contributed by atoms with Crippen LogP contribution in [0.25, 0.3) is 43.9 Å². The maximum absolute atomic E-state index is 14.8. The van der Waals surface area contributed by atoms with Crippen molar-refractivity contribution in [3.05, 3.63) is 118 Å². The third kappa shape index (κ3) is 7.06. The average Bonchev–Trinajstić information content (AvgIpc) is 4.12. The Bertz CT molecular complexity index is 3190. The Morgan fingerprint density at radius 2 is 1.12 bits per heavy atom. The third-order valence-corrected chi connectivity index (χ3v) is 13.9. The molecule has 0 aliphatic carbocycles. The van der Waals surface area contributed by atoms with E-state index in [4.69, 9.17) is 28.9 Å². The molecular weight excluding hydrogens is 868 g/mol. The maximum atomic E-state index is 14.8. The van der Waals surface area contributed by atoms with Crippen LogP contribution < -0.4 is 5.73 Å². The second-order valence-corrected chi connectivity index (χ2v) is 18.3. The van der Waals surface area contributed by atoms with E-state index in [1.165, 1.54) is 4.90 Å². The van der Waals surface area contributed by atoms with E-state index in [2.05, 4.69) is 20.6 Å². The predicted octanol–water partition coefficient (Wildman–Crippen LogP) is 6.88. The SMILES string of the molecule is CN(C)C(=O)C(n1cc(C(=O)N2CCC(n3nnc4ccccc43)CC2)c2ccc(Cl)cc21)C(C)(C(N)=O)n1cc(C(=O)N2CCC(n3nnc4ccccc43)CC2)c2ccc(Cl)cc21. The van der Waals surface area contributed by atoms with E-state index >= 15 is 0 Å². The number of halogens is 2. The van der Waals surface area contributed by atoms with Gasteiger partial charge >= 0.3 is 0 Å². The summed E-state index contributed by atoms with van der Waals surface area (Å²) in [6.45, 7) is 3.40. The highest BCUT2D eigenvalue weighted by atomic mass is 35.5. The Balaban J connectivity index is 1.01. The smallest absolute Gasteiger partial charge is 0.256 e. The monoisotopic (exact) mass is 912 g/mol. The minimum atomic E-state index is -1.89. The standard InChI is InChI=1S/C47H46Cl2N12O4/c1-47(46(50)65,59-27-35(33-15-13-29(49)25-41(33)59)44(63)57-22-18-31(19-23-57)61-39-11-7-5-9-37(39)52-54-61)42(45(64)55(2)3)58-26-34(32-14-12-28(48)24-40(32)58)43(62)56-20-16-30(17-21-56)60-38-10-6-4-8-36(38)51-53-60/h4-15,24-27,30-31,42H,16-23H2,1-3H3,(H2,50,65). The van der Waals surface area contributed by atoms with Crippen LogP contribution in [0, 0.1) is 0 Å². The van der Waals surface area contributed by atoms with Gasteiger partial charge in [0.15, 0.2) is 0 Å². The summed E-state index contributed by atoms with van der Waals surface area (Å²) in [6.07, 6.45) is 5.86. The van der Waals surface area contributed by atoms with Crippen LogP contribution in [0.4, 0.5) is 0 Å². The van der Waals surface area contributed by atoms with E-state index in [0.29, 0.717) is 94.8 Å². The highest BCUT2D eigenvalue weighted by Gasteiger charge is 2.50. The molecule has 6 heterocycles. The van der Waals surface area contributed by atoms with Crippen LogP contribution in [-0.2, 0) is 15.1 Å². The topological polar surface area (TPSA) is 175 Å². The van der Waals surface area contributed by atoms with E-state index < -0.39 is 23.4 Å². The quantitative estimate of drug-likeness (QED) is 0.163. The number of primary amides is 1. The van der Waals surface area contributed by atoms with E-state index in [9.17, 15) is 19.2 Å². The second-order valence-electron chi connectivity index (χ2n) is 17.4. The number of fused-ring (bicyclic) bond motifs is 4. The number of rotatable bonds is 9. The van der Waals surface area contributed by atoms with Crippen LogP contribution in [0.1, 0.15) is 71.4 Å². The van der Waals surface area contributed by atoms with Gasteiger partial charge in [0, 0.05) is 73.5 Å². The van der Waals surface area contributed by atoms with Gasteiger partial charge in [-0.3, -0.25) is 19.2 Å². The molecule has 2 saturated heterocycles. The molecule has 2 atom stereocenters. The first-order valence-corrected chi connectivity index (χ1v) is 22.4. The zero-order chi connectivity index (χ0) is 45.3. The van der Waals surface area contributed by atoms with Gasteiger partial charge in [0.2, 0.25) is 11.8 Å². The van der Waals surface area contributed by atoms with Gasteiger partial charge in [0.1, 0.15) is 22.6 Å². The summed E-state index contributed by atoms with van der Waals surface area (Å²) in [4.78, 5) is 63.5. The summed E-state index contributed by atoms with van der Waals surface area (Å²) >= 11 is 13.3. The van der Waals surface area contributed by atoms with Crippen molar-refractivity contribution >= 4 is 90.7 Å². The number of nitrogens with two attached hydrogens (primary N) is 1. The number of piperidine rings is 2. The fourth-order valence-corrected chi connectivity index (χ4v) is 10.2. The number of hydrogen-bond donors (Lipinski definition) is 1. The van der Waals surface area contributed by atoms with Gasteiger partial charge in [-0.05, 0) is 81.1 Å². The molecule has 0 spiro atoms. The normalized spacial score (nSPS) is 16.7. The van der Waals surface area contributed by atoms with Gasteiger partial charge in [0.05, 0.1) is 45.3 Å². The van der Waals surface area contributed by atoms with Crippen LogP contribution in [0.5, 0.6) is 0 Å². The van der Waals surface area contributed by atoms with Gasteiger partial charge in [-0.15, -0.1) is 10.2 Å². The molecule has 2 fully saturated rings. The second kappa shape index (κ2) is 16.3. The van der Waals surface area contributed by atoms with Gasteiger partial charge in [-0.1, -0.05) is 70.0 Å². The van der Waals surface area contributed by atoms with E-state index in [-0.39, 0.29) is 23.9 Å². The number of likely N-dealkylation sites (tertiary alicyclic amines) is 2. The van der Waals surface area contributed by atoms with Gasteiger partial charge in [-0.2, -0.15) is 0 Å². The molecule has 2 N–H and O–H groups in total. The lowest BCUT2D eigenvalue weighted by molar-refractivity contribution is -0.141. The molecule has 8 aromatic rings. The summed E-state index contributed by atoms with van der Waals surface area (Å²) in [5.74, 6) is -1.81. The fraction of sp³-hybridized carbons (Fsp3) is 0.319. The van der Waals surface area contributed by atoms with Crippen molar-refractivity contribution in [1.82, 2.24) is 53.8 Å². The summed E-state index contributed by atoms with van der Waals surface area (Å²) < 4.78 is 7.10. The molecule has 65 heavy (non-hydrogen) atoms. The summed E-state index contributed by atoms with van der Waals surface area (Å²) in [5, 5.41) is 19.3. The molecular formula is C47H46Cl2N12O4. The average molecular weight is 914 g/mol. The molecule has 0 saturated carbocycles. The number of amides is 4. The Morgan fingerprint density at radius 3 is 1.62 bits per heavy atom. The van der Waals surface area contributed by atoms with E-state index in [1.54, 1.807) is 88.7 Å². The Morgan fingerprint density at radius 1 is 0.662 bits per heavy atom. The molecule has 2 aliphatic rings. The molecule has 0 bridgehead atoms. The molecule has 2 aliphatic heterocycles. The minimum Gasteiger partial charge on any atom is -0.368 e. The summed E-state index contributed by atoms with van der Waals surface area (Å²) in [5.41, 5.74) is 9.64. The number of aromatic nitrogens is 8. The summed E-state index contributed by atoms with van der Waals surface area (Å²) in [6, 6.07) is 24.6. The Labute approximate surface area is 383 Å². The van der Waals surface area contributed by atoms with Crippen LogP contribution in [0.15, 0.2) is 97.3 Å². The molecule has 2 unspecified atom stereocenters. The highest BCUT2D eigenvalue weighted by Crippen LogP contribution is 2.42. The number of benzene rings is 4. The van der Waals surface area contributed by atoms with Crippen molar-refractivity contribution in [3.8, 4) is 0 Å². The van der Waals surface area contributed by atoms with Crippen LogP contribution in [0.3, 0.4) is 0 Å². The van der Waals surface area contributed by atoms with Crippen molar-refractivity contribution in [2.75, 3.05) is 40.3 Å². The minimum absolute atomic E-state index is 0.0523. The van der Waals surface area contributed by atoms with E-state index in [1.807, 2.05) is 57.9 Å². The first-order valence-electron chi connectivity index (χ1n) is 21.6. The number of para-hydroxylation sites is 2. The Hall–Kier alpha value is -6.78. The maximum Gasteiger partial charge on any atom is 0.256 e. The van der Waals surface area contributed by atoms with Gasteiger partial charge < -0.3 is 29.6 Å². The van der Waals surface area contributed by atoms with Crippen molar-refractivity contribution in [2.24, 2.45) is 5.73 Å². The molecule has 4 aromatic carbocycles. The van der Waals surface area contributed by atoms with Crippen molar-refractivity contribution in [2.45, 2.75) is 56.3 Å².